The van der Waals surface area contributed by atoms with Crippen molar-refractivity contribution in [2.24, 2.45) is 11.3 Å². The van der Waals surface area contributed by atoms with Crippen LogP contribution in [-0.4, -0.2) is 20.2 Å². The molecular formula is C15H23NO. The molecule has 1 aromatic rings. The van der Waals surface area contributed by atoms with Gasteiger partial charge in [-0.05, 0) is 55.0 Å². The van der Waals surface area contributed by atoms with E-state index in [0.717, 1.165) is 24.8 Å². The molecule has 0 spiro atoms. The molecule has 0 bridgehead atoms. The molecule has 1 aliphatic rings. The quantitative estimate of drug-likeness (QED) is 0.866. The van der Waals surface area contributed by atoms with Crippen LogP contribution in [-0.2, 0) is 6.42 Å². The number of hydrogen-bond donors (Lipinski definition) is 1. The molecule has 0 aromatic heterocycles. The van der Waals surface area contributed by atoms with Crippen molar-refractivity contribution in [2.75, 3.05) is 20.2 Å². The van der Waals surface area contributed by atoms with Gasteiger partial charge in [-0.1, -0.05) is 26.0 Å². The molecule has 17 heavy (non-hydrogen) atoms. The van der Waals surface area contributed by atoms with Crippen LogP contribution in [0.5, 0.6) is 5.75 Å². The molecule has 0 radical (unpaired) electrons. The predicted molar refractivity (Wildman–Crippen MR) is 71.5 cm³/mol. The van der Waals surface area contributed by atoms with Gasteiger partial charge in [0.05, 0.1) is 7.11 Å². The van der Waals surface area contributed by atoms with Crippen LogP contribution in [0.3, 0.4) is 0 Å². The summed E-state index contributed by atoms with van der Waals surface area (Å²) in [5.41, 5.74) is 1.85. The molecule has 2 nitrogen and oxygen atoms in total. The summed E-state index contributed by atoms with van der Waals surface area (Å²) in [4.78, 5) is 0. The van der Waals surface area contributed by atoms with Gasteiger partial charge in [0, 0.05) is 0 Å². The van der Waals surface area contributed by atoms with Gasteiger partial charge in [-0.15, -0.1) is 0 Å². The molecule has 1 saturated heterocycles. The topological polar surface area (TPSA) is 21.3 Å². The SMILES string of the molecule is COc1ccc(CC2(C)CCNCC2C)cc1. The Morgan fingerprint density at radius 1 is 1.35 bits per heavy atom. The Kier molecular flexibility index (Phi) is 3.72. The van der Waals surface area contributed by atoms with Crippen molar-refractivity contribution in [3.63, 3.8) is 0 Å². The summed E-state index contributed by atoms with van der Waals surface area (Å²) in [6.45, 7) is 7.07. The average molecular weight is 233 g/mol. The first kappa shape index (κ1) is 12.4. The van der Waals surface area contributed by atoms with Gasteiger partial charge in [0.25, 0.3) is 0 Å². The number of nitrogens with one attached hydrogen (secondary N) is 1. The highest BCUT2D eigenvalue weighted by atomic mass is 16.5. The monoisotopic (exact) mass is 233 g/mol. The summed E-state index contributed by atoms with van der Waals surface area (Å²) < 4.78 is 5.20. The van der Waals surface area contributed by atoms with E-state index in [2.05, 4.69) is 43.4 Å². The molecule has 1 N–H and O–H groups in total. The van der Waals surface area contributed by atoms with Crippen LogP contribution < -0.4 is 10.1 Å². The second-order valence-corrected chi connectivity index (χ2v) is 5.53. The van der Waals surface area contributed by atoms with E-state index in [0.29, 0.717) is 5.41 Å². The highest BCUT2D eigenvalue weighted by Crippen LogP contribution is 2.36. The van der Waals surface area contributed by atoms with Crippen molar-refractivity contribution in [3.8, 4) is 5.75 Å². The molecule has 0 aliphatic carbocycles. The van der Waals surface area contributed by atoms with Gasteiger partial charge in [-0.3, -0.25) is 0 Å². The highest BCUT2D eigenvalue weighted by Gasteiger charge is 2.33. The molecule has 0 saturated carbocycles. The maximum absolute atomic E-state index is 5.20. The Bertz CT molecular complexity index is 360. The second-order valence-electron chi connectivity index (χ2n) is 5.53. The zero-order valence-corrected chi connectivity index (χ0v) is 11.1. The van der Waals surface area contributed by atoms with Crippen molar-refractivity contribution in [1.29, 1.82) is 0 Å². The average Bonchev–Trinajstić information content (AvgIpc) is 2.34. The Balaban J connectivity index is 2.07. The second kappa shape index (κ2) is 5.09. The predicted octanol–water partition coefficient (Wildman–Crippen LogP) is 2.87. The van der Waals surface area contributed by atoms with E-state index >= 15 is 0 Å². The zero-order chi connectivity index (χ0) is 12.3. The molecule has 2 unspecified atom stereocenters. The number of methoxy groups -OCH3 is 1. The summed E-state index contributed by atoms with van der Waals surface area (Å²) >= 11 is 0. The van der Waals surface area contributed by atoms with Gasteiger partial charge in [-0.25, -0.2) is 0 Å². The van der Waals surface area contributed by atoms with Crippen molar-refractivity contribution >= 4 is 0 Å². The maximum Gasteiger partial charge on any atom is 0.118 e. The fourth-order valence-corrected chi connectivity index (χ4v) is 2.66. The van der Waals surface area contributed by atoms with Gasteiger partial charge in [0.15, 0.2) is 0 Å². The number of piperidine rings is 1. The van der Waals surface area contributed by atoms with Gasteiger partial charge in [0.1, 0.15) is 5.75 Å². The molecule has 1 aromatic carbocycles. The minimum atomic E-state index is 0.430. The Morgan fingerprint density at radius 3 is 2.65 bits per heavy atom. The van der Waals surface area contributed by atoms with Gasteiger partial charge in [0.2, 0.25) is 0 Å². The van der Waals surface area contributed by atoms with Crippen LogP contribution in [0.4, 0.5) is 0 Å². The normalized spacial score (nSPS) is 29.0. The zero-order valence-electron chi connectivity index (χ0n) is 11.1. The maximum atomic E-state index is 5.20. The summed E-state index contributed by atoms with van der Waals surface area (Å²) in [5.74, 6) is 1.68. The van der Waals surface area contributed by atoms with Crippen molar-refractivity contribution < 1.29 is 4.74 Å². The molecular weight excluding hydrogens is 210 g/mol. The molecule has 2 rings (SSSR count). The largest absolute Gasteiger partial charge is 0.497 e. The fraction of sp³-hybridized carbons (Fsp3) is 0.600. The molecule has 94 valence electrons. The van der Waals surface area contributed by atoms with Crippen LogP contribution in [0.2, 0.25) is 0 Å². The highest BCUT2D eigenvalue weighted by molar-refractivity contribution is 5.28. The summed E-state index contributed by atoms with van der Waals surface area (Å²) in [7, 11) is 1.71. The number of benzene rings is 1. The third-order valence-electron chi connectivity index (χ3n) is 4.28. The molecule has 2 heteroatoms. The lowest BCUT2D eigenvalue weighted by atomic mass is 9.69. The van der Waals surface area contributed by atoms with Crippen molar-refractivity contribution in [2.45, 2.75) is 26.7 Å². The summed E-state index contributed by atoms with van der Waals surface area (Å²) in [6, 6.07) is 8.51. The number of rotatable bonds is 3. The smallest absolute Gasteiger partial charge is 0.118 e. The van der Waals surface area contributed by atoms with Gasteiger partial charge in [-0.2, -0.15) is 0 Å². The van der Waals surface area contributed by atoms with Crippen LogP contribution in [0.15, 0.2) is 24.3 Å². The first-order valence-corrected chi connectivity index (χ1v) is 6.48. The van der Waals surface area contributed by atoms with Crippen LogP contribution in [0.25, 0.3) is 0 Å². The molecule has 1 fully saturated rings. The van der Waals surface area contributed by atoms with E-state index in [-0.39, 0.29) is 0 Å². The Hall–Kier alpha value is -1.02. The van der Waals surface area contributed by atoms with E-state index < -0.39 is 0 Å². The van der Waals surface area contributed by atoms with Crippen LogP contribution >= 0.6 is 0 Å². The standard InChI is InChI=1S/C15H23NO/c1-12-11-16-9-8-15(12,2)10-13-4-6-14(17-3)7-5-13/h4-7,12,16H,8-11H2,1-3H3. The minimum Gasteiger partial charge on any atom is -0.497 e. The number of ether oxygens (including phenoxy) is 1. The summed E-state index contributed by atoms with van der Waals surface area (Å²) in [5, 5.41) is 3.47. The third-order valence-corrected chi connectivity index (χ3v) is 4.28. The Morgan fingerprint density at radius 2 is 2.06 bits per heavy atom. The molecule has 1 aliphatic heterocycles. The first-order valence-electron chi connectivity index (χ1n) is 6.48. The lowest BCUT2D eigenvalue weighted by Gasteiger charge is -2.40. The summed E-state index contributed by atoms with van der Waals surface area (Å²) in [6.07, 6.45) is 2.43. The minimum absolute atomic E-state index is 0.430. The number of hydrogen-bond acceptors (Lipinski definition) is 2. The lowest BCUT2D eigenvalue weighted by Crippen LogP contribution is -2.43. The van der Waals surface area contributed by atoms with Crippen LogP contribution in [0.1, 0.15) is 25.8 Å². The van der Waals surface area contributed by atoms with E-state index in [4.69, 9.17) is 4.74 Å². The van der Waals surface area contributed by atoms with E-state index in [1.807, 2.05) is 0 Å². The van der Waals surface area contributed by atoms with E-state index in [9.17, 15) is 0 Å². The lowest BCUT2D eigenvalue weighted by molar-refractivity contribution is 0.144. The Labute approximate surface area is 104 Å². The molecule has 2 atom stereocenters. The van der Waals surface area contributed by atoms with E-state index in [1.165, 1.54) is 18.4 Å². The molecule has 1 heterocycles. The fourth-order valence-electron chi connectivity index (χ4n) is 2.66. The molecule has 0 amide bonds. The van der Waals surface area contributed by atoms with Crippen LogP contribution in [0, 0.1) is 11.3 Å². The van der Waals surface area contributed by atoms with E-state index in [1.54, 1.807) is 7.11 Å². The van der Waals surface area contributed by atoms with Gasteiger partial charge >= 0.3 is 0 Å². The van der Waals surface area contributed by atoms with Gasteiger partial charge < -0.3 is 10.1 Å². The first-order chi connectivity index (χ1) is 8.14. The third kappa shape index (κ3) is 2.81. The van der Waals surface area contributed by atoms with Crippen molar-refractivity contribution in [3.05, 3.63) is 29.8 Å². The van der Waals surface area contributed by atoms with Crippen molar-refractivity contribution in [1.82, 2.24) is 5.32 Å².